The molecule has 4 rings (SSSR count). The van der Waals surface area contributed by atoms with Crippen molar-refractivity contribution in [3.05, 3.63) is 42.1 Å². The fourth-order valence-electron chi connectivity index (χ4n) is 4.58. The van der Waals surface area contributed by atoms with Crippen molar-refractivity contribution in [3.63, 3.8) is 0 Å². The highest BCUT2D eigenvalue weighted by Gasteiger charge is 2.55. The summed E-state index contributed by atoms with van der Waals surface area (Å²) in [5.74, 6) is -0.662. The third-order valence-corrected chi connectivity index (χ3v) is 5.97. The van der Waals surface area contributed by atoms with Crippen molar-refractivity contribution in [2.24, 2.45) is 11.3 Å². The van der Waals surface area contributed by atoms with Gasteiger partial charge in [-0.05, 0) is 36.8 Å². The highest BCUT2D eigenvalue weighted by atomic mass is 16.4. The number of carboxylic acids is 1. The number of para-hydroxylation sites is 1. The number of hydrogen-bond acceptors (Lipinski definition) is 3. The SMILES string of the molecule is O=C(NCCc1cccc2cccnc12)N1C[C@@H]2CCC[C@@]2(C(=O)O)C1. The van der Waals surface area contributed by atoms with E-state index in [1.165, 1.54) is 0 Å². The zero-order valence-electron chi connectivity index (χ0n) is 14.6. The first-order valence-corrected chi connectivity index (χ1v) is 9.19. The van der Waals surface area contributed by atoms with Gasteiger partial charge < -0.3 is 15.3 Å². The van der Waals surface area contributed by atoms with Crippen molar-refractivity contribution in [2.75, 3.05) is 19.6 Å². The Hall–Kier alpha value is -2.63. The lowest BCUT2D eigenvalue weighted by Crippen LogP contribution is -2.42. The number of aromatic nitrogens is 1. The van der Waals surface area contributed by atoms with Crippen molar-refractivity contribution in [3.8, 4) is 0 Å². The number of amides is 2. The summed E-state index contributed by atoms with van der Waals surface area (Å²) < 4.78 is 0. The monoisotopic (exact) mass is 353 g/mol. The van der Waals surface area contributed by atoms with Crippen molar-refractivity contribution in [2.45, 2.75) is 25.7 Å². The minimum absolute atomic E-state index is 0.0908. The highest BCUT2D eigenvalue weighted by Crippen LogP contribution is 2.48. The number of nitrogens with one attached hydrogen (secondary N) is 1. The van der Waals surface area contributed by atoms with Gasteiger partial charge in [0.25, 0.3) is 0 Å². The smallest absolute Gasteiger partial charge is 0.317 e. The zero-order valence-corrected chi connectivity index (χ0v) is 14.6. The Balaban J connectivity index is 1.37. The number of likely N-dealkylation sites (tertiary alicyclic amines) is 1. The third kappa shape index (κ3) is 2.79. The molecular formula is C20H23N3O3. The Bertz CT molecular complexity index is 848. The largest absolute Gasteiger partial charge is 0.481 e. The van der Waals surface area contributed by atoms with E-state index < -0.39 is 11.4 Å². The van der Waals surface area contributed by atoms with Crippen LogP contribution in [0.2, 0.25) is 0 Å². The summed E-state index contributed by atoms with van der Waals surface area (Å²) in [6, 6.07) is 9.84. The van der Waals surface area contributed by atoms with Crippen LogP contribution in [-0.4, -0.2) is 46.6 Å². The lowest BCUT2D eigenvalue weighted by atomic mass is 9.81. The zero-order chi connectivity index (χ0) is 18.1. The fourth-order valence-corrected chi connectivity index (χ4v) is 4.58. The van der Waals surface area contributed by atoms with Crippen LogP contribution in [0.25, 0.3) is 10.9 Å². The summed E-state index contributed by atoms with van der Waals surface area (Å²) in [5.41, 5.74) is 1.34. The molecule has 2 N–H and O–H groups in total. The Morgan fingerprint density at radius 2 is 2.15 bits per heavy atom. The van der Waals surface area contributed by atoms with Crippen molar-refractivity contribution >= 4 is 22.9 Å². The summed E-state index contributed by atoms with van der Waals surface area (Å²) in [5, 5.41) is 13.7. The number of aliphatic carboxylic acids is 1. The number of rotatable bonds is 4. The fraction of sp³-hybridized carbons (Fsp3) is 0.450. The Morgan fingerprint density at radius 1 is 1.31 bits per heavy atom. The molecule has 6 heteroatoms. The van der Waals surface area contributed by atoms with E-state index in [0.29, 0.717) is 32.5 Å². The molecule has 2 fully saturated rings. The van der Waals surface area contributed by atoms with Crippen LogP contribution < -0.4 is 5.32 Å². The number of nitrogens with zero attached hydrogens (tertiary/aromatic N) is 2. The van der Waals surface area contributed by atoms with E-state index in [1.807, 2.05) is 30.3 Å². The van der Waals surface area contributed by atoms with E-state index in [-0.39, 0.29) is 11.9 Å². The highest BCUT2D eigenvalue weighted by molar-refractivity contribution is 5.82. The second-order valence-corrected chi connectivity index (χ2v) is 7.41. The predicted molar refractivity (Wildman–Crippen MR) is 97.8 cm³/mol. The van der Waals surface area contributed by atoms with Gasteiger partial charge in [-0.1, -0.05) is 30.7 Å². The van der Waals surface area contributed by atoms with Gasteiger partial charge in [0.05, 0.1) is 10.9 Å². The van der Waals surface area contributed by atoms with Crippen LogP contribution in [0.1, 0.15) is 24.8 Å². The van der Waals surface area contributed by atoms with E-state index in [2.05, 4.69) is 10.3 Å². The molecule has 6 nitrogen and oxygen atoms in total. The van der Waals surface area contributed by atoms with Crippen LogP contribution >= 0.6 is 0 Å². The van der Waals surface area contributed by atoms with Crippen LogP contribution in [-0.2, 0) is 11.2 Å². The van der Waals surface area contributed by atoms with Gasteiger partial charge in [-0.25, -0.2) is 4.79 Å². The maximum Gasteiger partial charge on any atom is 0.317 e. The molecule has 0 bridgehead atoms. The van der Waals surface area contributed by atoms with Gasteiger partial charge in [0, 0.05) is 31.2 Å². The number of carbonyl (C=O) groups is 2. The minimum atomic E-state index is -0.753. The molecule has 2 amide bonds. The van der Waals surface area contributed by atoms with Gasteiger partial charge in [-0.3, -0.25) is 9.78 Å². The van der Waals surface area contributed by atoms with Gasteiger partial charge in [0.15, 0.2) is 0 Å². The molecule has 0 radical (unpaired) electrons. The van der Waals surface area contributed by atoms with Crippen LogP contribution in [0.3, 0.4) is 0 Å². The molecule has 1 aliphatic heterocycles. The number of urea groups is 1. The number of carboxylic acid groups (broad SMARTS) is 1. The summed E-state index contributed by atoms with van der Waals surface area (Å²) in [6.45, 7) is 1.39. The molecule has 1 aromatic heterocycles. The number of hydrogen-bond donors (Lipinski definition) is 2. The predicted octanol–water partition coefficient (Wildman–Crippen LogP) is 2.67. The lowest BCUT2D eigenvalue weighted by molar-refractivity contribution is -0.149. The van der Waals surface area contributed by atoms with Crippen molar-refractivity contribution in [1.82, 2.24) is 15.2 Å². The van der Waals surface area contributed by atoms with E-state index in [1.54, 1.807) is 11.1 Å². The number of carbonyl (C=O) groups excluding carboxylic acids is 1. The van der Waals surface area contributed by atoms with E-state index in [0.717, 1.165) is 29.3 Å². The molecule has 136 valence electrons. The summed E-state index contributed by atoms with van der Waals surface area (Å²) in [6.07, 6.45) is 5.00. The molecule has 0 spiro atoms. The quantitative estimate of drug-likeness (QED) is 0.885. The van der Waals surface area contributed by atoms with Gasteiger partial charge in [0.1, 0.15) is 0 Å². The van der Waals surface area contributed by atoms with Crippen molar-refractivity contribution in [1.29, 1.82) is 0 Å². The Labute approximate surface area is 152 Å². The van der Waals surface area contributed by atoms with Gasteiger partial charge in [0.2, 0.25) is 0 Å². The molecule has 2 atom stereocenters. The Kier molecular flexibility index (Phi) is 4.26. The normalized spacial score (nSPS) is 24.6. The van der Waals surface area contributed by atoms with E-state index in [9.17, 15) is 14.7 Å². The summed E-state index contributed by atoms with van der Waals surface area (Å²) in [4.78, 5) is 30.3. The van der Waals surface area contributed by atoms with Crippen molar-refractivity contribution < 1.29 is 14.7 Å². The van der Waals surface area contributed by atoms with E-state index >= 15 is 0 Å². The molecule has 1 aliphatic carbocycles. The average Bonchev–Trinajstić information content (AvgIpc) is 3.20. The standard InChI is InChI=1S/C20H23N3O3/c24-18(25)20-9-2-7-16(20)12-23(13-20)19(26)22-11-8-15-5-1-4-14-6-3-10-21-17(14)15/h1,3-6,10,16H,2,7-9,11-13H2,(H,22,26)(H,24,25)/t16-,20+/m0/s1. The molecule has 0 unspecified atom stereocenters. The first-order valence-electron chi connectivity index (χ1n) is 9.19. The molecule has 1 saturated carbocycles. The van der Waals surface area contributed by atoms with Gasteiger partial charge in [-0.2, -0.15) is 0 Å². The second kappa shape index (κ2) is 6.59. The first-order chi connectivity index (χ1) is 12.6. The second-order valence-electron chi connectivity index (χ2n) is 7.41. The molecule has 26 heavy (non-hydrogen) atoms. The van der Waals surface area contributed by atoms with Crippen LogP contribution in [0.4, 0.5) is 4.79 Å². The maximum atomic E-state index is 12.5. The molecule has 2 aliphatic rings. The van der Waals surface area contributed by atoms with Crippen LogP contribution in [0.5, 0.6) is 0 Å². The van der Waals surface area contributed by atoms with E-state index in [4.69, 9.17) is 0 Å². The molecular weight excluding hydrogens is 330 g/mol. The molecule has 1 saturated heterocycles. The van der Waals surface area contributed by atoms with Crippen LogP contribution in [0, 0.1) is 11.3 Å². The summed E-state index contributed by atoms with van der Waals surface area (Å²) in [7, 11) is 0. The van der Waals surface area contributed by atoms with Crippen LogP contribution in [0.15, 0.2) is 36.5 Å². The molecule has 2 aromatic rings. The number of benzene rings is 1. The first kappa shape index (κ1) is 16.8. The minimum Gasteiger partial charge on any atom is -0.481 e. The topological polar surface area (TPSA) is 82.5 Å². The third-order valence-electron chi connectivity index (χ3n) is 5.97. The van der Waals surface area contributed by atoms with Gasteiger partial charge >= 0.3 is 12.0 Å². The summed E-state index contributed by atoms with van der Waals surface area (Å²) >= 11 is 0. The number of fused-ring (bicyclic) bond motifs is 2. The molecule has 2 heterocycles. The van der Waals surface area contributed by atoms with Gasteiger partial charge in [-0.15, -0.1) is 0 Å². The number of pyridine rings is 1. The maximum absolute atomic E-state index is 12.5. The Morgan fingerprint density at radius 3 is 2.96 bits per heavy atom. The molecule has 1 aromatic carbocycles. The lowest BCUT2D eigenvalue weighted by Gasteiger charge is -2.23. The average molecular weight is 353 g/mol.